The fourth-order valence-electron chi connectivity index (χ4n) is 2.57. The van der Waals surface area contributed by atoms with E-state index in [0.717, 1.165) is 12.8 Å². The van der Waals surface area contributed by atoms with Gasteiger partial charge in [-0.2, -0.15) is 0 Å². The molecule has 0 aromatic heterocycles. The van der Waals surface area contributed by atoms with Gasteiger partial charge in [0, 0.05) is 6.92 Å². The van der Waals surface area contributed by atoms with Crippen LogP contribution in [0.15, 0.2) is 5.28 Å². The maximum atomic E-state index is 11.8. The number of nitrogens with one attached hydrogen (secondary N) is 1. The number of rotatable bonds is 5. The van der Waals surface area contributed by atoms with Crippen LogP contribution in [0.1, 0.15) is 19.8 Å². The summed E-state index contributed by atoms with van der Waals surface area (Å²) in [5.74, 6) is -0.487. The molecule has 2 aliphatic rings. The first kappa shape index (κ1) is 17.7. The van der Waals surface area contributed by atoms with Crippen LogP contribution in [0, 0.1) is 5.21 Å². The molecule has 0 bridgehead atoms. The summed E-state index contributed by atoms with van der Waals surface area (Å²) in [5.41, 5.74) is 0. The van der Waals surface area contributed by atoms with Gasteiger partial charge >= 0.3 is 0 Å². The van der Waals surface area contributed by atoms with Crippen LogP contribution in [0.2, 0.25) is 0 Å². The third-order valence-electron chi connectivity index (χ3n) is 3.80. The first-order valence-electron chi connectivity index (χ1n) is 7.42. The van der Waals surface area contributed by atoms with Crippen LogP contribution in [0.25, 0.3) is 0 Å². The SMILES string of the molecule is CC(=O)N[C@H]1[C@H](O/N=[N+](\[O-])N2CCCC2)O[C@H](CO)[C@@H](O)[C@@H]1O. The van der Waals surface area contributed by atoms with Crippen LogP contribution in [-0.2, 0) is 14.4 Å². The Balaban J connectivity index is 2.07. The summed E-state index contributed by atoms with van der Waals surface area (Å²) in [5, 5.41) is 48.0. The molecule has 0 radical (unpaired) electrons. The Bertz CT molecular complexity index is 443. The molecule has 132 valence electrons. The third kappa shape index (κ3) is 4.19. The van der Waals surface area contributed by atoms with Crippen LogP contribution in [-0.4, -0.2) is 81.5 Å². The molecule has 23 heavy (non-hydrogen) atoms. The Morgan fingerprint density at radius 2 is 2.09 bits per heavy atom. The maximum absolute atomic E-state index is 11.8. The number of amides is 1. The molecule has 2 rings (SSSR count). The molecule has 0 saturated carbocycles. The van der Waals surface area contributed by atoms with Crippen molar-refractivity contribution in [3.05, 3.63) is 5.21 Å². The average Bonchev–Trinajstić information content (AvgIpc) is 3.05. The first-order valence-corrected chi connectivity index (χ1v) is 7.42. The summed E-state index contributed by atoms with van der Waals surface area (Å²) in [4.78, 5) is 16.5. The average molecular weight is 334 g/mol. The highest BCUT2D eigenvalue weighted by molar-refractivity contribution is 5.73. The highest BCUT2D eigenvalue weighted by atomic mass is 16.8. The van der Waals surface area contributed by atoms with Gasteiger partial charge < -0.3 is 35.4 Å². The molecule has 11 nitrogen and oxygen atoms in total. The predicted octanol–water partition coefficient (Wildman–Crippen LogP) is -2.16. The fraction of sp³-hybridized carbons (Fsp3) is 0.917. The number of aliphatic hydroxyl groups is 3. The number of hydrazine groups is 1. The monoisotopic (exact) mass is 334 g/mol. The molecule has 5 atom stereocenters. The van der Waals surface area contributed by atoms with Crippen LogP contribution in [0.3, 0.4) is 0 Å². The summed E-state index contributed by atoms with van der Waals surface area (Å²) >= 11 is 0. The zero-order valence-electron chi connectivity index (χ0n) is 12.7. The quantitative estimate of drug-likeness (QED) is 0.252. The van der Waals surface area contributed by atoms with Gasteiger partial charge in [0.15, 0.2) is 0 Å². The standard InChI is InChI=1S/C12H22N4O7/c1-7(18)13-9-11(20)10(19)8(6-17)22-12(9)23-14-16(21)15-4-2-3-5-15/h8-12,17,19-20H,2-6H2,1H3,(H,13,18)/b16-14-/t8-,9-,10-,11-,12+/m1/s1. The topological polar surface area (TPSA) is 150 Å². The van der Waals surface area contributed by atoms with E-state index in [1.807, 2.05) is 0 Å². The minimum Gasteiger partial charge on any atom is -0.569 e. The van der Waals surface area contributed by atoms with E-state index in [1.54, 1.807) is 0 Å². The van der Waals surface area contributed by atoms with Gasteiger partial charge in [-0.25, -0.2) is 0 Å². The summed E-state index contributed by atoms with van der Waals surface area (Å²) in [6.45, 7) is 1.75. The minimum atomic E-state index is -1.45. The lowest BCUT2D eigenvalue weighted by atomic mass is 9.97. The van der Waals surface area contributed by atoms with Crippen molar-refractivity contribution < 1.29 is 34.7 Å². The Kier molecular flexibility index (Phi) is 5.93. The van der Waals surface area contributed by atoms with Gasteiger partial charge in [-0.1, -0.05) is 0 Å². The normalized spacial score (nSPS) is 35.2. The second-order valence-corrected chi connectivity index (χ2v) is 5.53. The molecule has 0 aliphatic carbocycles. The van der Waals surface area contributed by atoms with E-state index in [4.69, 9.17) is 14.7 Å². The van der Waals surface area contributed by atoms with Crippen molar-refractivity contribution in [3.8, 4) is 0 Å². The van der Waals surface area contributed by atoms with Crippen molar-refractivity contribution in [2.75, 3.05) is 19.7 Å². The Morgan fingerprint density at radius 3 is 2.65 bits per heavy atom. The van der Waals surface area contributed by atoms with Gasteiger partial charge in [0.25, 0.3) is 6.29 Å². The van der Waals surface area contributed by atoms with Gasteiger partial charge in [0.1, 0.15) is 24.4 Å². The number of nitrogens with zero attached hydrogens (tertiary/aromatic N) is 3. The Morgan fingerprint density at radius 1 is 1.43 bits per heavy atom. The van der Waals surface area contributed by atoms with Crippen molar-refractivity contribution in [2.45, 2.75) is 50.4 Å². The fourth-order valence-corrected chi connectivity index (χ4v) is 2.57. The number of ether oxygens (including phenoxy) is 1. The molecule has 2 aliphatic heterocycles. The lowest BCUT2D eigenvalue weighted by Crippen LogP contribution is -2.64. The van der Waals surface area contributed by atoms with E-state index < -0.39 is 43.2 Å². The highest BCUT2D eigenvalue weighted by Gasteiger charge is 2.46. The largest absolute Gasteiger partial charge is 0.569 e. The zero-order valence-corrected chi connectivity index (χ0v) is 12.7. The molecular weight excluding hydrogens is 312 g/mol. The second-order valence-electron chi connectivity index (χ2n) is 5.53. The maximum Gasteiger partial charge on any atom is 0.256 e. The van der Waals surface area contributed by atoms with Crippen molar-refractivity contribution in [2.24, 2.45) is 5.28 Å². The minimum absolute atomic E-state index is 0.284. The van der Waals surface area contributed by atoms with Gasteiger partial charge in [-0.15, -0.1) is 5.01 Å². The van der Waals surface area contributed by atoms with Gasteiger partial charge in [0.2, 0.25) is 11.2 Å². The Labute approximate surface area is 132 Å². The van der Waals surface area contributed by atoms with Crippen LogP contribution in [0.4, 0.5) is 0 Å². The zero-order chi connectivity index (χ0) is 17.0. The van der Waals surface area contributed by atoms with Crippen LogP contribution in [0.5, 0.6) is 0 Å². The summed E-state index contributed by atoms with van der Waals surface area (Å²) in [6.07, 6.45) is -3.56. The van der Waals surface area contributed by atoms with E-state index in [2.05, 4.69) is 10.6 Å². The van der Waals surface area contributed by atoms with Crippen molar-refractivity contribution in [3.63, 3.8) is 0 Å². The van der Waals surface area contributed by atoms with E-state index in [-0.39, 0.29) is 4.97 Å². The first-order chi connectivity index (χ1) is 10.9. The molecular formula is C12H22N4O7. The molecule has 0 aromatic carbocycles. The number of hydrogen-bond acceptors (Lipinski definition) is 8. The number of aliphatic hydroxyl groups excluding tert-OH is 3. The number of hydrogen-bond donors (Lipinski definition) is 4. The molecule has 0 spiro atoms. The van der Waals surface area contributed by atoms with E-state index in [1.165, 1.54) is 11.9 Å². The van der Waals surface area contributed by atoms with E-state index >= 15 is 0 Å². The molecule has 11 heteroatoms. The molecule has 1 amide bonds. The molecule has 2 saturated heterocycles. The van der Waals surface area contributed by atoms with Crippen LogP contribution < -0.4 is 5.32 Å². The summed E-state index contributed by atoms with van der Waals surface area (Å²) < 4.78 is 5.27. The van der Waals surface area contributed by atoms with E-state index in [0.29, 0.717) is 13.1 Å². The van der Waals surface area contributed by atoms with Crippen molar-refractivity contribution in [1.82, 2.24) is 10.3 Å². The van der Waals surface area contributed by atoms with Crippen molar-refractivity contribution >= 4 is 5.91 Å². The van der Waals surface area contributed by atoms with Crippen molar-refractivity contribution in [1.29, 1.82) is 0 Å². The lowest BCUT2D eigenvalue weighted by Gasteiger charge is -2.40. The number of carbonyl (C=O) groups excluding carboxylic acids is 1. The second kappa shape index (κ2) is 7.73. The summed E-state index contributed by atoms with van der Waals surface area (Å²) in [7, 11) is 0. The van der Waals surface area contributed by atoms with Gasteiger partial charge in [0.05, 0.1) is 24.7 Å². The van der Waals surface area contributed by atoms with E-state index in [9.17, 15) is 20.2 Å². The molecule has 2 fully saturated rings. The summed E-state index contributed by atoms with van der Waals surface area (Å²) in [6, 6.07) is -1.14. The number of carbonyl (C=O) groups is 1. The van der Waals surface area contributed by atoms with Gasteiger partial charge in [-0.3, -0.25) is 4.79 Å². The van der Waals surface area contributed by atoms with Crippen LogP contribution >= 0.6 is 0 Å². The lowest BCUT2D eigenvalue weighted by molar-refractivity contribution is -0.710. The molecule has 4 N–H and O–H groups in total. The predicted molar refractivity (Wildman–Crippen MR) is 73.3 cm³/mol. The Hall–Kier alpha value is -1.69. The molecule has 2 heterocycles. The smallest absolute Gasteiger partial charge is 0.256 e. The molecule has 0 aromatic rings. The van der Waals surface area contributed by atoms with Gasteiger partial charge in [-0.05, 0) is 12.8 Å². The highest BCUT2D eigenvalue weighted by Crippen LogP contribution is 2.22. The molecule has 0 unspecified atom stereocenters. The third-order valence-corrected chi connectivity index (χ3v) is 3.80.